The average Bonchev–Trinajstić information content (AvgIpc) is 2.19. The molecule has 0 amide bonds. The van der Waals surface area contributed by atoms with Crippen molar-refractivity contribution in [1.29, 1.82) is 0 Å². The van der Waals surface area contributed by atoms with Crippen molar-refractivity contribution >= 4 is 0 Å². The Kier molecular flexibility index (Phi) is 5.01. The minimum Gasteiger partial charge on any atom is -0.390 e. The summed E-state index contributed by atoms with van der Waals surface area (Å²) in [5.74, 6) is 0. The Hall–Kier alpha value is -0.820. The first-order valence-electron chi connectivity index (χ1n) is 6.31. The molecule has 0 saturated heterocycles. The number of hydrogen-bond donors (Lipinski definition) is 1. The largest absolute Gasteiger partial charge is 0.390 e. The lowest BCUT2D eigenvalue weighted by Crippen LogP contribution is -2.18. The highest BCUT2D eigenvalue weighted by Crippen LogP contribution is 2.14. The van der Waals surface area contributed by atoms with Crippen LogP contribution in [0.15, 0.2) is 24.3 Å². The standard InChI is InChI=1S/C15H24O/c1-4-6-13-8-10-14(11-9-13)7-5-12-15(2,3)16/h8-11,16H,4-7,12H2,1-3H3. The number of hydrogen-bond acceptors (Lipinski definition) is 1. The van der Waals surface area contributed by atoms with Crippen molar-refractivity contribution in [2.75, 3.05) is 0 Å². The van der Waals surface area contributed by atoms with Crippen LogP contribution in [-0.4, -0.2) is 10.7 Å². The first-order chi connectivity index (χ1) is 7.51. The van der Waals surface area contributed by atoms with E-state index in [1.54, 1.807) is 0 Å². The Bertz CT molecular complexity index is 292. The summed E-state index contributed by atoms with van der Waals surface area (Å²) in [6.07, 6.45) is 5.36. The molecule has 1 heteroatoms. The van der Waals surface area contributed by atoms with Gasteiger partial charge in [-0.05, 0) is 50.7 Å². The van der Waals surface area contributed by atoms with Gasteiger partial charge in [-0.25, -0.2) is 0 Å². The summed E-state index contributed by atoms with van der Waals surface area (Å²) in [6.45, 7) is 5.95. The molecule has 16 heavy (non-hydrogen) atoms. The fraction of sp³-hybridized carbons (Fsp3) is 0.600. The summed E-state index contributed by atoms with van der Waals surface area (Å²) >= 11 is 0. The minimum atomic E-state index is -0.526. The third-order valence-electron chi connectivity index (χ3n) is 2.82. The van der Waals surface area contributed by atoms with Gasteiger partial charge in [0.1, 0.15) is 0 Å². The van der Waals surface area contributed by atoms with Crippen molar-refractivity contribution in [1.82, 2.24) is 0 Å². The molecule has 1 nitrogen and oxygen atoms in total. The molecule has 0 fully saturated rings. The Morgan fingerprint density at radius 2 is 1.50 bits per heavy atom. The van der Waals surface area contributed by atoms with Gasteiger partial charge in [0.2, 0.25) is 0 Å². The molecule has 0 heterocycles. The SMILES string of the molecule is CCCc1ccc(CCCC(C)(C)O)cc1. The first-order valence-corrected chi connectivity index (χ1v) is 6.31. The van der Waals surface area contributed by atoms with E-state index >= 15 is 0 Å². The molecule has 0 saturated carbocycles. The van der Waals surface area contributed by atoms with Crippen LogP contribution in [0.5, 0.6) is 0 Å². The van der Waals surface area contributed by atoms with E-state index in [0.29, 0.717) is 0 Å². The Balaban J connectivity index is 2.37. The molecule has 0 atom stereocenters. The molecule has 1 rings (SSSR count). The van der Waals surface area contributed by atoms with Gasteiger partial charge in [0.15, 0.2) is 0 Å². The summed E-state index contributed by atoms with van der Waals surface area (Å²) in [4.78, 5) is 0. The monoisotopic (exact) mass is 220 g/mol. The minimum absolute atomic E-state index is 0.526. The van der Waals surface area contributed by atoms with E-state index < -0.39 is 5.60 Å². The third-order valence-corrected chi connectivity index (χ3v) is 2.82. The van der Waals surface area contributed by atoms with Crippen molar-refractivity contribution < 1.29 is 5.11 Å². The van der Waals surface area contributed by atoms with Gasteiger partial charge in [-0.15, -0.1) is 0 Å². The molecular weight excluding hydrogens is 196 g/mol. The van der Waals surface area contributed by atoms with Crippen LogP contribution in [0.1, 0.15) is 51.2 Å². The van der Waals surface area contributed by atoms with E-state index in [9.17, 15) is 5.11 Å². The van der Waals surface area contributed by atoms with Crippen LogP contribution < -0.4 is 0 Å². The van der Waals surface area contributed by atoms with Crippen LogP contribution in [0.2, 0.25) is 0 Å². The van der Waals surface area contributed by atoms with Crippen LogP contribution in [-0.2, 0) is 12.8 Å². The quantitative estimate of drug-likeness (QED) is 0.774. The predicted octanol–water partition coefficient (Wildman–Crippen LogP) is 3.73. The van der Waals surface area contributed by atoms with Crippen LogP contribution in [0.3, 0.4) is 0 Å². The molecular formula is C15H24O. The van der Waals surface area contributed by atoms with Crippen molar-refractivity contribution in [2.45, 2.75) is 58.5 Å². The second kappa shape index (κ2) is 6.05. The number of benzene rings is 1. The number of aryl methyl sites for hydroxylation is 2. The zero-order valence-electron chi connectivity index (χ0n) is 10.8. The molecule has 0 spiro atoms. The van der Waals surface area contributed by atoms with Gasteiger partial charge in [-0.3, -0.25) is 0 Å². The van der Waals surface area contributed by atoms with Gasteiger partial charge >= 0.3 is 0 Å². The van der Waals surface area contributed by atoms with E-state index in [2.05, 4.69) is 31.2 Å². The fourth-order valence-electron chi connectivity index (χ4n) is 1.89. The van der Waals surface area contributed by atoms with E-state index in [4.69, 9.17) is 0 Å². The van der Waals surface area contributed by atoms with Gasteiger partial charge in [-0.1, -0.05) is 37.6 Å². The van der Waals surface area contributed by atoms with E-state index in [-0.39, 0.29) is 0 Å². The molecule has 0 aliphatic rings. The highest BCUT2D eigenvalue weighted by molar-refractivity contribution is 5.22. The van der Waals surface area contributed by atoms with Gasteiger partial charge < -0.3 is 5.11 Å². The summed E-state index contributed by atoms with van der Waals surface area (Å²) < 4.78 is 0. The predicted molar refractivity (Wildman–Crippen MR) is 69.7 cm³/mol. The van der Waals surface area contributed by atoms with E-state index in [1.807, 2.05) is 13.8 Å². The Morgan fingerprint density at radius 1 is 1.00 bits per heavy atom. The topological polar surface area (TPSA) is 20.2 Å². The van der Waals surface area contributed by atoms with Gasteiger partial charge in [0.25, 0.3) is 0 Å². The lowest BCUT2D eigenvalue weighted by Gasteiger charge is -2.16. The zero-order chi connectivity index (χ0) is 12.0. The first kappa shape index (κ1) is 13.2. The Morgan fingerprint density at radius 3 is 1.94 bits per heavy atom. The van der Waals surface area contributed by atoms with Crippen molar-refractivity contribution in [2.24, 2.45) is 0 Å². The second-order valence-corrected chi connectivity index (χ2v) is 5.23. The maximum Gasteiger partial charge on any atom is 0.0591 e. The van der Waals surface area contributed by atoms with Crippen LogP contribution in [0, 0.1) is 0 Å². The molecule has 1 aromatic rings. The Labute approximate surface area is 99.5 Å². The number of rotatable bonds is 6. The van der Waals surface area contributed by atoms with Crippen LogP contribution in [0.4, 0.5) is 0 Å². The fourth-order valence-corrected chi connectivity index (χ4v) is 1.89. The zero-order valence-corrected chi connectivity index (χ0v) is 10.8. The molecule has 0 aliphatic heterocycles. The normalized spacial score (nSPS) is 11.8. The lowest BCUT2D eigenvalue weighted by atomic mass is 9.98. The summed E-state index contributed by atoms with van der Waals surface area (Å²) in [5, 5.41) is 9.61. The maximum atomic E-state index is 9.61. The number of aliphatic hydroxyl groups is 1. The second-order valence-electron chi connectivity index (χ2n) is 5.23. The van der Waals surface area contributed by atoms with Crippen LogP contribution in [0.25, 0.3) is 0 Å². The molecule has 90 valence electrons. The third kappa shape index (κ3) is 5.32. The van der Waals surface area contributed by atoms with Gasteiger partial charge in [0, 0.05) is 0 Å². The molecule has 0 aromatic heterocycles. The molecule has 1 N–H and O–H groups in total. The van der Waals surface area contributed by atoms with E-state index in [1.165, 1.54) is 24.0 Å². The van der Waals surface area contributed by atoms with Crippen LogP contribution >= 0.6 is 0 Å². The van der Waals surface area contributed by atoms with E-state index in [0.717, 1.165) is 19.3 Å². The lowest BCUT2D eigenvalue weighted by molar-refractivity contribution is 0.0689. The summed E-state index contributed by atoms with van der Waals surface area (Å²) in [6, 6.07) is 8.89. The molecule has 0 unspecified atom stereocenters. The molecule has 0 aliphatic carbocycles. The van der Waals surface area contributed by atoms with Crippen molar-refractivity contribution in [3.05, 3.63) is 35.4 Å². The maximum absolute atomic E-state index is 9.61. The summed E-state index contributed by atoms with van der Waals surface area (Å²) in [7, 11) is 0. The smallest absolute Gasteiger partial charge is 0.0591 e. The summed E-state index contributed by atoms with van der Waals surface area (Å²) in [5.41, 5.74) is 2.28. The molecule has 0 bridgehead atoms. The molecule has 0 radical (unpaired) electrons. The highest BCUT2D eigenvalue weighted by Gasteiger charge is 2.11. The van der Waals surface area contributed by atoms with Gasteiger partial charge in [0.05, 0.1) is 5.60 Å². The average molecular weight is 220 g/mol. The molecule has 1 aromatic carbocycles. The van der Waals surface area contributed by atoms with Crippen molar-refractivity contribution in [3.8, 4) is 0 Å². The van der Waals surface area contributed by atoms with Gasteiger partial charge in [-0.2, -0.15) is 0 Å². The highest BCUT2D eigenvalue weighted by atomic mass is 16.3. The van der Waals surface area contributed by atoms with Crippen molar-refractivity contribution in [3.63, 3.8) is 0 Å².